The third-order valence-corrected chi connectivity index (χ3v) is 4.26. The molecule has 3 aromatic rings. The SMILES string of the molecule is CCOc1ccccc1NC(=S)Nc1cccc(Cn2nc(C)cc2C)c1. The Morgan fingerprint density at radius 1 is 1.07 bits per heavy atom. The summed E-state index contributed by atoms with van der Waals surface area (Å²) in [5.74, 6) is 0.780. The molecule has 0 saturated carbocycles. The van der Waals surface area contributed by atoms with Crippen molar-refractivity contribution >= 4 is 28.7 Å². The number of benzene rings is 2. The molecule has 0 atom stereocenters. The Morgan fingerprint density at radius 2 is 1.89 bits per heavy atom. The molecule has 0 aliphatic heterocycles. The van der Waals surface area contributed by atoms with Crippen LogP contribution < -0.4 is 15.4 Å². The zero-order valence-corrected chi connectivity index (χ0v) is 16.6. The molecule has 0 amide bonds. The average molecular weight is 381 g/mol. The fraction of sp³-hybridized carbons (Fsp3) is 0.238. The number of hydrogen-bond donors (Lipinski definition) is 2. The maximum absolute atomic E-state index is 5.63. The zero-order chi connectivity index (χ0) is 19.2. The molecule has 27 heavy (non-hydrogen) atoms. The van der Waals surface area contributed by atoms with Crippen LogP contribution in [-0.4, -0.2) is 21.5 Å². The first kappa shape index (κ1) is 18.9. The quantitative estimate of drug-likeness (QED) is 0.604. The molecule has 3 rings (SSSR count). The molecule has 6 heteroatoms. The van der Waals surface area contributed by atoms with Crippen molar-refractivity contribution in [1.82, 2.24) is 9.78 Å². The van der Waals surface area contributed by atoms with Gasteiger partial charge >= 0.3 is 0 Å². The van der Waals surface area contributed by atoms with Gasteiger partial charge < -0.3 is 15.4 Å². The molecule has 0 unspecified atom stereocenters. The molecule has 0 aliphatic carbocycles. The van der Waals surface area contributed by atoms with Crippen LogP contribution in [-0.2, 0) is 6.54 Å². The van der Waals surface area contributed by atoms with Crippen molar-refractivity contribution in [1.29, 1.82) is 0 Å². The van der Waals surface area contributed by atoms with Gasteiger partial charge in [-0.1, -0.05) is 24.3 Å². The first-order valence-electron chi connectivity index (χ1n) is 8.95. The maximum atomic E-state index is 5.63. The minimum Gasteiger partial charge on any atom is -0.492 e. The highest BCUT2D eigenvalue weighted by atomic mass is 32.1. The smallest absolute Gasteiger partial charge is 0.175 e. The molecule has 1 aromatic heterocycles. The van der Waals surface area contributed by atoms with E-state index in [1.807, 2.05) is 54.9 Å². The fourth-order valence-corrected chi connectivity index (χ4v) is 3.12. The summed E-state index contributed by atoms with van der Waals surface area (Å²) in [4.78, 5) is 0. The van der Waals surface area contributed by atoms with E-state index >= 15 is 0 Å². The van der Waals surface area contributed by atoms with Crippen molar-refractivity contribution < 1.29 is 4.74 Å². The topological polar surface area (TPSA) is 51.1 Å². The van der Waals surface area contributed by atoms with E-state index in [4.69, 9.17) is 17.0 Å². The van der Waals surface area contributed by atoms with E-state index in [2.05, 4.69) is 40.9 Å². The lowest BCUT2D eigenvalue weighted by molar-refractivity contribution is 0.342. The van der Waals surface area contributed by atoms with Gasteiger partial charge in [0.15, 0.2) is 5.11 Å². The van der Waals surface area contributed by atoms with E-state index in [1.165, 1.54) is 0 Å². The van der Waals surface area contributed by atoms with Crippen molar-refractivity contribution in [3.63, 3.8) is 0 Å². The van der Waals surface area contributed by atoms with E-state index in [1.54, 1.807) is 0 Å². The maximum Gasteiger partial charge on any atom is 0.175 e. The lowest BCUT2D eigenvalue weighted by Gasteiger charge is -2.14. The van der Waals surface area contributed by atoms with Crippen molar-refractivity contribution in [3.8, 4) is 5.75 Å². The first-order chi connectivity index (χ1) is 13.0. The summed E-state index contributed by atoms with van der Waals surface area (Å²) in [7, 11) is 0. The number of aryl methyl sites for hydroxylation is 2. The van der Waals surface area contributed by atoms with Gasteiger partial charge in [0.1, 0.15) is 5.75 Å². The Morgan fingerprint density at radius 3 is 2.63 bits per heavy atom. The molecule has 0 spiro atoms. The number of rotatable bonds is 6. The zero-order valence-electron chi connectivity index (χ0n) is 15.8. The predicted molar refractivity (Wildman–Crippen MR) is 115 cm³/mol. The van der Waals surface area contributed by atoms with Crippen molar-refractivity contribution in [2.45, 2.75) is 27.3 Å². The van der Waals surface area contributed by atoms with Gasteiger partial charge in [-0.05, 0) is 68.9 Å². The van der Waals surface area contributed by atoms with Gasteiger partial charge in [-0.15, -0.1) is 0 Å². The number of aromatic nitrogens is 2. The molecule has 1 heterocycles. The molecule has 0 saturated heterocycles. The second kappa shape index (κ2) is 8.68. The highest BCUT2D eigenvalue weighted by Crippen LogP contribution is 2.24. The van der Waals surface area contributed by atoms with Crippen LogP contribution in [0.2, 0.25) is 0 Å². The Hall–Kier alpha value is -2.86. The van der Waals surface area contributed by atoms with Crippen LogP contribution >= 0.6 is 12.2 Å². The predicted octanol–water partition coefficient (Wildman–Crippen LogP) is 4.76. The number of thiocarbonyl (C=S) groups is 1. The van der Waals surface area contributed by atoms with E-state index in [-0.39, 0.29) is 0 Å². The summed E-state index contributed by atoms with van der Waals surface area (Å²) in [6, 6.07) is 18.0. The van der Waals surface area contributed by atoms with Crippen LogP contribution in [0, 0.1) is 13.8 Å². The summed E-state index contributed by atoms with van der Waals surface area (Å²) in [6.45, 7) is 7.36. The lowest BCUT2D eigenvalue weighted by Crippen LogP contribution is -2.19. The summed E-state index contributed by atoms with van der Waals surface area (Å²) in [5, 5.41) is 11.5. The average Bonchev–Trinajstić information content (AvgIpc) is 2.94. The van der Waals surface area contributed by atoms with Crippen LogP contribution in [0.1, 0.15) is 23.9 Å². The van der Waals surface area contributed by atoms with E-state index < -0.39 is 0 Å². The van der Waals surface area contributed by atoms with E-state index in [9.17, 15) is 0 Å². The Kier molecular flexibility index (Phi) is 6.08. The first-order valence-corrected chi connectivity index (χ1v) is 9.36. The normalized spacial score (nSPS) is 10.5. The van der Waals surface area contributed by atoms with E-state index in [0.29, 0.717) is 11.7 Å². The fourth-order valence-electron chi connectivity index (χ4n) is 2.89. The van der Waals surface area contributed by atoms with Crippen LogP contribution in [0.3, 0.4) is 0 Å². The molecule has 2 N–H and O–H groups in total. The van der Waals surface area contributed by atoms with Crippen molar-refractivity contribution in [2.24, 2.45) is 0 Å². The Balaban J connectivity index is 1.67. The second-order valence-corrected chi connectivity index (χ2v) is 6.70. The lowest BCUT2D eigenvalue weighted by atomic mass is 10.2. The second-order valence-electron chi connectivity index (χ2n) is 6.29. The van der Waals surface area contributed by atoms with Gasteiger partial charge in [0.2, 0.25) is 0 Å². The number of para-hydroxylation sites is 2. The summed E-state index contributed by atoms with van der Waals surface area (Å²) >= 11 is 5.46. The third kappa shape index (κ3) is 5.08. The highest BCUT2D eigenvalue weighted by Gasteiger charge is 2.06. The van der Waals surface area contributed by atoms with E-state index in [0.717, 1.165) is 40.6 Å². The molecule has 5 nitrogen and oxygen atoms in total. The van der Waals surface area contributed by atoms with Crippen LogP contribution in [0.5, 0.6) is 5.75 Å². The molecular formula is C21H24N4OS. The number of nitrogens with one attached hydrogen (secondary N) is 2. The number of anilines is 2. The molecule has 140 valence electrons. The summed E-state index contributed by atoms with van der Waals surface area (Å²) in [5.41, 5.74) is 5.11. The minimum atomic E-state index is 0.519. The molecule has 2 aromatic carbocycles. The largest absolute Gasteiger partial charge is 0.492 e. The molecular weight excluding hydrogens is 356 g/mol. The number of ether oxygens (including phenoxy) is 1. The van der Waals surface area contributed by atoms with Gasteiger partial charge in [-0.2, -0.15) is 5.10 Å². The standard InChI is InChI=1S/C21H24N4OS/c1-4-26-20-11-6-5-10-19(20)23-21(27)22-18-9-7-8-17(13-18)14-25-16(3)12-15(2)24-25/h5-13H,4,14H2,1-3H3,(H2,22,23,27). The van der Waals surface area contributed by atoms with Crippen LogP contribution in [0.25, 0.3) is 0 Å². The minimum absolute atomic E-state index is 0.519. The highest BCUT2D eigenvalue weighted by molar-refractivity contribution is 7.80. The van der Waals surface area contributed by atoms with Crippen LogP contribution in [0.4, 0.5) is 11.4 Å². The van der Waals surface area contributed by atoms with Gasteiger partial charge in [-0.25, -0.2) is 0 Å². The molecule has 0 aliphatic rings. The Labute approximate surface area is 165 Å². The van der Waals surface area contributed by atoms with Crippen molar-refractivity contribution in [3.05, 3.63) is 71.5 Å². The molecule has 0 radical (unpaired) electrons. The monoisotopic (exact) mass is 380 g/mol. The van der Waals surface area contributed by atoms with Gasteiger partial charge in [0.05, 0.1) is 24.5 Å². The molecule has 0 bridgehead atoms. The van der Waals surface area contributed by atoms with Gasteiger partial charge in [0.25, 0.3) is 0 Å². The van der Waals surface area contributed by atoms with Crippen molar-refractivity contribution in [2.75, 3.05) is 17.2 Å². The molecule has 0 fully saturated rings. The summed E-state index contributed by atoms with van der Waals surface area (Å²) in [6.07, 6.45) is 0. The number of nitrogens with zero attached hydrogens (tertiary/aromatic N) is 2. The summed E-state index contributed by atoms with van der Waals surface area (Å²) < 4.78 is 7.63. The third-order valence-electron chi connectivity index (χ3n) is 4.06. The van der Waals surface area contributed by atoms with Gasteiger partial charge in [0, 0.05) is 11.4 Å². The number of hydrogen-bond acceptors (Lipinski definition) is 3. The Bertz CT molecular complexity index is 935. The van der Waals surface area contributed by atoms with Gasteiger partial charge in [-0.3, -0.25) is 4.68 Å². The van der Waals surface area contributed by atoms with Crippen LogP contribution in [0.15, 0.2) is 54.6 Å².